The Bertz CT molecular complexity index is 1140. The summed E-state index contributed by atoms with van der Waals surface area (Å²) in [6.07, 6.45) is 0. The first-order valence-electron chi connectivity index (χ1n) is 9.45. The first-order chi connectivity index (χ1) is 14.4. The van der Waals surface area contributed by atoms with E-state index in [1.807, 2.05) is 54.6 Å². The summed E-state index contributed by atoms with van der Waals surface area (Å²) in [4.78, 5) is 29.0. The van der Waals surface area contributed by atoms with Crippen molar-refractivity contribution >= 4 is 29.1 Å². The van der Waals surface area contributed by atoms with Gasteiger partial charge >= 0.3 is 0 Å². The third kappa shape index (κ3) is 4.76. The molecule has 1 N–H and O–H groups in total. The van der Waals surface area contributed by atoms with Gasteiger partial charge in [-0.1, -0.05) is 60.3 Å². The van der Waals surface area contributed by atoms with Crippen LogP contribution in [0.3, 0.4) is 0 Å². The van der Waals surface area contributed by atoms with E-state index in [2.05, 4.69) is 16.4 Å². The normalized spacial score (nSPS) is 11.4. The molecule has 1 unspecified atom stereocenters. The first kappa shape index (κ1) is 21.3. The molecule has 30 heavy (non-hydrogen) atoms. The number of Topliss-reactive ketones (excluding diaryl/α,β-unsaturated/α-hetero) is 1. The van der Waals surface area contributed by atoms with Gasteiger partial charge in [0, 0.05) is 22.5 Å². The maximum atomic E-state index is 12.9. The summed E-state index contributed by atoms with van der Waals surface area (Å²) in [7, 11) is 0. The number of anilines is 1. The molecule has 5 nitrogen and oxygen atoms in total. The van der Waals surface area contributed by atoms with Crippen LogP contribution in [0.2, 0.25) is 0 Å². The lowest BCUT2D eigenvalue weighted by atomic mass is 10.0. The average Bonchev–Trinajstić information content (AvgIpc) is 2.74. The van der Waals surface area contributed by atoms with Crippen molar-refractivity contribution < 1.29 is 9.59 Å². The lowest BCUT2D eigenvalue weighted by Gasteiger charge is -2.16. The van der Waals surface area contributed by atoms with Crippen molar-refractivity contribution in [2.45, 2.75) is 31.0 Å². The standard InChI is InChI=1S/C24H21N3O2S/c1-15-21(16(2)28)13-19(14-25)24(26-15)30-17(3)23(29)27-22-12-8-7-11-20(22)18-9-5-4-6-10-18/h4-13,17H,1-3H3,(H,27,29). The van der Waals surface area contributed by atoms with Crippen molar-refractivity contribution in [3.63, 3.8) is 0 Å². The first-order valence-corrected chi connectivity index (χ1v) is 10.3. The topological polar surface area (TPSA) is 82.8 Å². The highest BCUT2D eigenvalue weighted by Crippen LogP contribution is 2.30. The molecule has 0 aliphatic heterocycles. The van der Waals surface area contributed by atoms with Crippen LogP contribution in [0, 0.1) is 18.3 Å². The number of pyridine rings is 1. The lowest BCUT2D eigenvalue weighted by Crippen LogP contribution is -2.23. The summed E-state index contributed by atoms with van der Waals surface area (Å²) >= 11 is 1.20. The van der Waals surface area contributed by atoms with Crippen LogP contribution in [0.1, 0.15) is 35.5 Å². The summed E-state index contributed by atoms with van der Waals surface area (Å²) in [5.41, 5.74) is 3.92. The van der Waals surface area contributed by atoms with Crippen molar-refractivity contribution in [3.05, 3.63) is 77.5 Å². The predicted molar refractivity (Wildman–Crippen MR) is 120 cm³/mol. The van der Waals surface area contributed by atoms with Crippen LogP contribution >= 0.6 is 11.8 Å². The molecule has 0 aliphatic carbocycles. The van der Waals surface area contributed by atoms with E-state index in [1.165, 1.54) is 18.7 Å². The van der Waals surface area contributed by atoms with E-state index in [-0.39, 0.29) is 11.7 Å². The Morgan fingerprint density at radius 2 is 1.77 bits per heavy atom. The van der Waals surface area contributed by atoms with Crippen LogP contribution in [-0.2, 0) is 4.79 Å². The summed E-state index contributed by atoms with van der Waals surface area (Å²) in [5, 5.41) is 12.4. The number of hydrogen-bond acceptors (Lipinski definition) is 5. The van der Waals surface area contributed by atoms with Gasteiger partial charge in [-0.25, -0.2) is 4.98 Å². The molecule has 0 saturated heterocycles. The Morgan fingerprint density at radius 1 is 1.10 bits per heavy atom. The maximum absolute atomic E-state index is 12.9. The third-order valence-corrected chi connectivity index (χ3v) is 5.71. The van der Waals surface area contributed by atoms with Crippen molar-refractivity contribution in [2.75, 3.05) is 5.32 Å². The van der Waals surface area contributed by atoms with Crippen molar-refractivity contribution in [1.82, 2.24) is 4.98 Å². The summed E-state index contributed by atoms with van der Waals surface area (Å²) in [6.45, 7) is 4.93. The van der Waals surface area contributed by atoms with Crippen molar-refractivity contribution in [3.8, 4) is 17.2 Å². The third-order valence-electron chi connectivity index (χ3n) is 4.61. The molecule has 0 fully saturated rings. The van der Waals surface area contributed by atoms with Crippen LogP contribution in [0.15, 0.2) is 65.7 Å². The molecule has 6 heteroatoms. The second-order valence-electron chi connectivity index (χ2n) is 6.80. The van der Waals surface area contributed by atoms with Gasteiger partial charge in [0.05, 0.1) is 10.8 Å². The van der Waals surface area contributed by atoms with Crippen LogP contribution in [0.4, 0.5) is 5.69 Å². The van der Waals surface area contributed by atoms with E-state index >= 15 is 0 Å². The molecular formula is C24H21N3O2S. The highest BCUT2D eigenvalue weighted by molar-refractivity contribution is 8.00. The number of nitrogens with zero attached hydrogens (tertiary/aromatic N) is 2. The number of nitrogens with one attached hydrogen (secondary N) is 1. The molecule has 0 aliphatic rings. The quantitative estimate of drug-likeness (QED) is 0.439. The summed E-state index contributed by atoms with van der Waals surface area (Å²) in [5.74, 6) is -0.335. The molecular weight excluding hydrogens is 394 g/mol. The number of carbonyl (C=O) groups is 2. The van der Waals surface area contributed by atoms with Gasteiger partial charge in [-0.2, -0.15) is 5.26 Å². The predicted octanol–water partition coefficient (Wildman–Crippen LogP) is 5.25. The van der Waals surface area contributed by atoms with Gasteiger partial charge in [-0.05, 0) is 38.5 Å². The number of benzene rings is 2. The molecule has 0 radical (unpaired) electrons. The van der Waals surface area contributed by atoms with E-state index in [0.717, 1.165) is 16.8 Å². The minimum absolute atomic E-state index is 0.142. The fourth-order valence-electron chi connectivity index (χ4n) is 3.03. The number of rotatable bonds is 6. The Hall–Kier alpha value is -3.43. The second-order valence-corrected chi connectivity index (χ2v) is 8.13. The molecule has 0 saturated carbocycles. The largest absolute Gasteiger partial charge is 0.325 e. The van der Waals surface area contributed by atoms with Crippen LogP contribution < -0.4 is 5.32 Å². The summed E-state index contributed by atoms with van der Waals surface area (Å²) < 4.78 is 0. The zero-order valence-electron chi connectivity index (χ0n) is 17.0. The smallest absolute Gasteiger partial charge is 0.237 e. The van der Waals surface area contributed by atoms with Gasteiger partial charge < -0.3 is 5.32 Å². The van der Waals surface area contributed by atoms with Gasteiger partial charge in [0.1, 0.15) is 11.1 Å². The minimum atomic E-state index is -0.490. The zero-order chi connectivity index (χ0) is 21.7. The number of ketones is 1. The van der Waals surface area contributed by atoms with Crippen LogP contribution in [0.5, 0.6) is 0 Å². The van der Waals surface area contributed by atoms with Gasteiger partial charge in [-0.15, -0.1) is 0 Å². The molecule has 150 valence electrons. The Morgan fingerprint density at radius 3 is 2.43 bits per heavy atom. The minimum Gasteiger partial charge on any atom is -0.325 e. The molecule has 3 rings (SSSR count). The lowest BCUT2D eigenvalue weighted by molar-refractivity contribution is -0.115. The monoisotopic (exact) mass is 415 g/mol. The van der Waals surface area contributed by atoms with E-state index in [0.29, 0.717) is 21.8 Å². The highest BCUT2D eigenvalue weighted by Gasteiger charge is 2.20. The number of aryl methyl sites for hydroxylation is 1. The molecule has 3 aromatic rings. The van der Waals surface area contributed by atoms with Crippen LogP contribution in [-0.4, -0.2) is 21.9 Å². The second kappa shape index (κ2) is 9.38. The van der Waals surface area contributed by atoms with Gasteiger partial charge in [0.2, 0.25) is 5.91 Å². The van der Waals surface area contributed by atoms with Gasteiger partial charge in [-0.3, -0.25) is 9.59 Å². The van der Waals surface area contributed by atoms with Gasteiger partial charge in [0.15, 0.2) is 5.78 Å². The number of hydrogen-bond donors (Lipinski definition) is 1. The number of aromatic nitrogens is 1. The fourth-order valence-corrected chi connectivity index (χ4v) is 3.95. The van der Waals surface area contributed by atoms with E-state index in [4.69, 9.17) is 0 Å². The number of nitriles is 1. The Balaban J connectivity index is 1.81. The van der Waals surface area contributed by atoms with Crippen LogP contribution in [0.25, 0.3) is 11.1 Å². The maximum Gasteiger partial charge on any atom is 0.237 e. The SMILES string of the molecule is CC(=O)c1cc(C#N)c(SC(C)C(=O)Nc2ccccc2-c2ccccc2)nc1C. The summed E-state index contributed by atoms with van der Waals surface area (Å²) in [6, 6.07) is 21.1. The van der Waals surface area contributed by atoms with Gasteiger partial charge in [0.25, 0.3) is 0 Å². The fraction of sp³-hybridized carbons (Fsp3) is 0.167. The molecule has 1 heterocycles. The van der Waals surface area contributed by atoms with E-state index < -0.39 is 5.25 Å². The Labute approximate surface area is 180 Å². The number of thioether (sulfide) groups is 1. The van der Waals surface area contributed by atoms with E-state index in [1.54, 1.807) is 19.9 Å². The number of carbonyl (C=O) groups excluding carboxylic acids is 2. The van der Waals surface area contributed by atoms with Crippen molar-refractivity contribution in [2.24, 2.45) is 0 Å². The molecule has 1 aromatic heterocycles. The highest BCUT2D eigenvalue weighted by atomic mass is 32.2. The number of para-hydroxylation sites is 1. The average molecular weight is 416 g/mol. The molecule has 0 bridgehead atoms. The Kier molecular flexibility index (Phi) is 6.65. The van der Waals surface area contributed by atoms with E-state index in [9.17, 15) is 14.9 Å². The molecule has 0 spiro atoms. The zero-order valence-corrected chi connectivity index (χ0v) is 17.8. The molecule has 1 amide bonds. The number of amides is 1. The molecule has 2 aromatic carbocycles. The molecule has 1 atom stereocenters. The van der Waals surface area contributed by atoms with Crippen molar-refractivity contribution in [1.29, 1.82) is 5.26 Å².